The monoisotopic (exact) mass is 212 g/mol. The Bertz CT molecular complexity index is 200. The highest BCUT2D eigenvalue weighted by atomic mass is 16.3. The first-order valence-electron chi connectivity index (χ1n) is 6.27. The Labute approximate surface area is 93.1 Å². The van der Waals surface area contributed by atoms with E-state index in [1.54, 1.807) is 0 Å². The summed E-state index contributed by atoms with van der Waals surface area (Å²) in [6.45, 7) is 2.34. The van der Waals surface area contributed by atoms with E-state index in [9.17, 15) is 5.11 Å². The predicted octanol–water partition coefficient (Wildman–Crippen LogP) is 0.926. The van der Waals surface area contributed by atoms with Crippen LogP contribution in [0.1, 0.15) is 32.1 Å². The van der Waals surface area contributed by atoms with Gasteiger partial charge in [-0.15, -0.1) is 0 Å². The number of likely N-dealkylation sites (tertiary alicyclic amines) is 1. The molecule has 0 spiro atoms. The Kier molecular flexibility index (Phi) is 3.65. The zero-order valence-corrected chi connectivity index (χ0v) is 10.0. The van der Waals surface area contributed by atoms with Crippen LogP contribution in [-0.4, -0.2) is 60.3 Å². The highest BCUT2D eigenvalue weighted by molar-refractivity contribution is 4.88. The molecule has 3 nitrogen and oxygen atoms in total. The third-order valence-corrected chi connectivity index (χ3v) is 4.14. The molecular weight excluding hydrogens is 188 g/mol. The van der Waals surface area contributed by atoms with E-state index in [0.717, 1.165) is 12.5 Å². The summed E-state index contributed by atoms with van der Waals surface area (Å²) in [5, 5.41) is 9.86. The van der Waals surface area contributed by atoms with Gasteiger partial charge in [-0.05, 0) is 46.2 Å². The predicted molar refractivity (Wildman–Crippen MR) is 61.9 cm³/mol. The molecule has 1 aliphatic heterocycles. The highest BCUT2D eigenvalue weighted by Crippen LogP contribution is 2.27. The van der Waals surface area contributed by atoms with Gasteiger partial charge in [-0.1, -0.05) is 0 Å². The number of hydrogen-bond acceptors (Lipinski definition) is 3. The Morgan fingerprint density at radius 1 is 1.07 bits per heavy atom. The minimum atomic E-state index is -0.0547. The quantitative estimate of drug-likeness (QED) is 0.737. The largest absolute Gasteiger partial charge is 0.391 e. The molecule has 1 N–H and O–H groups in total. The molecule has 0 amide bonds. The molecule has 3 heteroatoms. The van der Waals surface area contributed by atoms with Crippen molar-refractivity contribution in [2.45, 2.75) is 50.3 Å². The molecule has 2 aliphatic rings. The molecule has 1 aliphatic carbocycles. The van der Waals surface area contributed by atoms with Gasteiger partial charge in [-0.3, -0.25) is 4.90 Å². The lowest BCUT2D eigenvalue weighted by Gasteiger charge is -2.39. The maximum atomic E-state index is 9.86. The molecule has 1 saturated carbocycles. The third-order valence-electron chi connectivity index (χ3n) is 4.14. The van der Waals surface area contributed by atoms with Gasteiger partial charge in [0.15, 0.2) is 0 Å². The number of aliphatic hydroxyl groups excluding tert-OH is 1. The van der Waals surface area contributed by atoms with E-state index in [1.807, 2.05) is 0 Å². The van der Waals surface area contributed by atoms with Crippen LogP contribution >= 0.6 is 0 Å². The number of piperidine rings is 1. The Morgan fingerprint density at radius 2 is 1.73 bits per heavy atom. The molecule has 2 rings (SSSR count). The third kappa shape index (κ3) is 2.52. The summed E-state index contributed by atoms with van der Waals surface area (Å²) in [5.41, 5.74) is 0. The van der Waals surface area contributed by atoms with Crippen LogP contribution in [0.4, 0.5) is 0 Å². The topological polar surface area (TPSA) is 26.7 Å². The molecule has 15 heavy (non-hydrogen) atoms. The molecular formula is C12H24N2O. The lowest BCUT2D eigenvalue weighted by atomic mass is 10.0. The van der Waals surface area contributed by atoms with Gasteiger partial charge in [-0.25, -0.2) is 0 Å². The van der Waals surface area contributed by atoms with E-state index in [-0.39, 0.29) is 6.10 Å². The van der Waals surface area contributed by atoms with Gasteiger partial charge in [0.25, 0.3) is 0 Å². The Morgan fingerprint density at radius 3 is 2.20 bits per heavy atom. The summed E-state index contributed by atoms with van der Waals surface area (Å²) < 4.78 is 0. The van der Waals surface area contributed by atoms with Gasteiger partial charge in [-0.2, -0.15) is 0 Å². The van der Waals surface area contributed by atoms with Crippen LogP contribution in [0.25, 0.3) is 0 Å². The fourth-order valence-corrected chi connectivity index (χ4v) is 3.08. The Balaban J connectivity index is 1.82. The van der Waals surface area contributed by atoms with Crippen molar-refractivity contribution in [3.63, 3.8) is 0 Å². The molecule has 2 atom stereocenters. The lowest BCUT2D eigenvalue weighted by Crippen LogP contribution is -2.48. The normalized spacial score (nSPS) is 35.2. The van der Waals surface area contributed by atoms with Gasteiger partial charge in [0.2, 0.25) is 0 Å². The van der Waals surface area contributed by atoms with E-state index >= 15 is 0 Å². The first-order valence-corrected chi connectivity index (χ1v) is 6.27. The number of nitrogens with zero attached hydrogens (tertiary/aromatic N) is 2. The zero-order chi connectivity index (χ0) is 10.8. The van der Waals surface area contributed by atoms with E-state index in [1.165, 1.54) is 38.8 Å². The van der Waals surface area contributed by atoms with Gasteiger partial charge >= 0.3 is 0 Å². The Hall–Kier alpha value is -0.120. The van der Waals surface area contributed by atoms with Crippen molar-refractivity contribution in [3.05, 3.63) is 0 Å². The van der Waals surface area contributed by atoms with E-state index in [2.05, 4.69) is 23.9 Å². The minimum Gasteiger partial charge on any atom is -0.391 e. The van der Waals surface area contributed by atoms with Crippen molar-refractivity contribution in [1.82, 2.24) is 9.80 Å². The fourth-order valence-electron chi connectivity index (χ4n) is 3.08. The first kappa shape index (κ1) is 11.4. The summed E-state index contributed by atoms with van der Waals surface area (Å²) in [6, 6.07) is 1.22. The average Bonchev–Trinajstić information content (AvgIpc) is 2.65. The molecule has 0 bridgehead atoms. The molecule has 2 fully saturated rings. The van der Waals surface area contributed by atoms with Crippen LogP contribution in [0.3, 0.4) is 0 Å². The number of hydrogen-bond donors (Lipinski definition) is 1. The maximum Gasteiger partial charge on any atom is 0.0695 e. The number of aliphatic hydroxyl groups is 1. The molecule has 1 heterocycles. The summed E-state index contributed by atoms with van der Waals surface area (Å²) in [5.74, 6) is 0. The van der Waals surface area contributed by atoms with E-state index < -0.39 is 0 Å². The first-order chi connectivity index (χ1) is 7.18. The second-order valence-electron chi connectivity index (χ2n) is 5.30. The van der Waals surface area contributed by atoms with Crippen molar-refractivity contribution in [2.24, 2.45) is 0 Å². The van der Waals surface area contributed by atoms with Crippen LogP contribution in [0, 0.1) is 0 Å². The molecule has 0 aromatic carbocycles. The van der Waals surface area contributed by atoms with E-state index in [4.69, 9.17) is 0 Å². The van der Waals surface area contributed by atoms with Crippen molar-refractivity contribution in [1.29, 1.82) is 0 Å². The summed E-state index contributed by atoms with van der Waals surface area (Å²) in [6.07, 6.45) is 5.89. The van der Waals surface area contributed by atoms with Crippen molar-refractivity contribution in [2.75, 3.05) is 27.2 Å². The molecule has 88 valence electrons. The van der Waals surface area contributed by atoms with Crippen molar-refractivity contribution >= 4 is 0 Å². The van der Waals surface area contributed by atoms with Crippen LogP contribution in [0.5, 0.6) is 0 Å². The highest BCUT2D eigenvalue weighted by Gasteiger charge is 2.33. The summed E-state index contributed by atoms with van der Waals surface area (Å²) in [7, 11) is 4.34. The smallest absolute Gasteiger partial charge is 0.0695 e. The SMILES string of the molecule is CN(C)C1CCN([C@@H]2CCC[C@H]2O)CC1. The standard InChI is InChI=1S/C12H24N2O/c1-13(2)10-6-8-14(9-7-10)11-4-3-5-12(11)15/h10-12,15H,3-9H2,1-2H3/t11-,12-/m1/s1. The van der Waals surface area contributed by atoms with Gasteiger partial charge in [0, 0.05) is 25.2 Å². The second kappa shape index (κ2) is 4.81. The van der Waals surface area contributed by atoms with Gasteiger partial charge in [0.1, 0.15) is 0 Å². The van der Waals surface area contributed by atoms with Gasteiger partial charge in [0.05, 0.1) is 6.10 Å². The molecule has 0 radical (unpaired) electrons. The van der Waals surface area contributed by atoms with Crippen molar-refractivity contribution < 1.29 is 5.11 Å². The maximum absolute atomic E-state index is 9.86. The molecule has 0 aromatic heterocycles. The lowest BCUT2D eigenvalue weighted by molar-refractivity contribution is 0.0418. The van der Waals surface area contributed by atoms with Crippen molar-refractivity contribution in [3.8, 4) is 0 Å². The van der Waals surface area contributed by atoms with Gasteiger partial charge < -0.3 is 10.0 Å². The number of rotatable bonds is 2. The average molecular weight is 212 g/mol. The van der Waals surface area contributed by atoms with Crippen LogP contribution in [0.2, 0.25) is 0 Å². The molecule has 0 unspecified atom stereocenters. The van der Waals surface area contributed by atoms with E-state index in [0.29, 0.717) is 6.04 Å². The second-order valence-corrected chi connectivity index (χ2v) is 5.30. The minimum absolute atomic E-state index is 0.0547. The fraction of sp³-hybridized carbons (Fsp3) is 1.00. The van der Waals surface area contributed by atoms with Crippen LogP contribution < -0.4 is 0 Å². The molecule has 1 saturated heterocycles. The summed E-state index contributed by atoms with van der Waals surface area (Å²) in [4.78, 5) is 4.85. The zero-order valence-electron chi connectivity index (χ0n) is 10.0. The van der Waals surface area contributed by atoms with Crippen LogP contribution in [0.15, 0.2) is 0 Å². The van der Waals surface area contributed by atoms with Crippen LogP contribution in [-0.2, 0) is 0 Å². The summed E-state index contributed by atoms with van der Waals surface area (Å²) >= 11 is 0. The molecule has 0 aromatic rings.